The number of fused-ring (bicyclic) bond motifs is 1. The van der Waals surface area contributed by atoms with Gasteiger partial charge < -0.3 is 30.4 Å². The molecule has 1 aliphatic heterocycles. The van der Waals surface area contributed by atoms with Crippen LogP contribution >= 0.6 is 22.6 Å². The molecule has 40 heavy (non-hydrogen) atoms. The molecule has 2 atom stereocenters. The van der Waals surface area contributed by atoms with Gasteiger partial charge in [0.25, 0.3) is 6.43 Å². The van der Waals surface area contributed by atoms with E-state index in [0.29, 0.717) is 46.7 Å². The molecule has 1 aromatic carbocycles. The number of aliphatic hydroxyl groups excluding tert-OH is 1. The zero-order chi connectivity index (χ0) is 28.0. The summed E-state index contributed by atoms with van der Waals surface area (Å²) >= 11 is 2.18. The van der Waals surface area contributed by atoms with Crippen LogP contribution in [0.1, 0.15) is 12.2 Å². The first-order valence-electron chi connectivity index (χ1n) is 12.0. The zero-order valence-electron chi connectivity index (χ0n) is 21.0. The van der Waals surface area contributed by atoms with Gasteiger partial charge in [-0.2, -0.15) is 4.80 Å². The first-order chi connectivity index (χ1) is 19.3. The Morgan fingerprint density at radius 1 is 1.15 bits per heavy atom. The fourth-order valence-corrected chi connectivity index (χ4v) is 5.08. The number of aliphatic hydroxyl groups is 1. The monoisotopic (exact) mass is 661 g/mol. The normalized spacial score (nSPS) is 16.8. The van der Waals surface area contributed by atoms with Crippen LogP contribution in [0.5, 0.6) is 5.75 Å². The molecule has 5 heterocycles. The number of halogens is 3. The van der Waals surface area contributed by atoms with Crippen molar-refractivity contribution in [2.45, 2.75) is 16.6 Å². The number of β-amino-alcohol motifs (C(OH)–C–C–N with tert-alkyl or cyclic N) is 1. The van der Waals surface area contributed by atoms with Gasteiger partial charge in [0.05, 0.1) is 43.0 Å². The van der Waals surface area contributed by atoms with Crippen LogP contribution in [0.2, 0.25) is 0 Å². The van der Waals surface area contributed by atoms with Crippen molar-refractivity contribution in [3.63, 3.8) is 0 Å². The molecular weight excluding hydrogens is 639 g/mol. The highest BCUT2D eigenvalue weighted by atomic mass is 127. The van der Waals surface area contributed by atoms with Crippen LogP contribution < -0.4 is 20.3 Å². The first kappa shape index (κ1) is 26.1. The summed E-state index contributed by atoms with van der Waals surface area (Å²) in [6, 6.07) is 10.6. The molecule has 6 rings (SSSR count). The molecule has 1 fully saturated rings. The van der Waals surface area contributed by atoms with E-state index >= 15 is 0 Å². The van der Waals surface area contributed by atoms with Crippen LogP contribution in [0.25, 0.3) is 22.6 Å². The van der Waals surface area contributed by atoms with Crippen molar-refractivity contribution < 1.29 is 18.6 Å². The van der Waals surface area contributed by atoms with Gasteiger partial charge >= 0.3 is 0 Å². The van der Waals surface area contributed by atoms with E-state index in [9.17, 15) is 13.9 Å². The number of benzene rings is 1. The second-order valence-electron chi connectivity index (χ2n) is 8.91. The van der Waals surface area contributed by atoms with Crippen LogP contribution in [0.3, 0.4) is 0 Å². The smallest absolute Gasteiger partial charge is 0.295 e. The second-order valence-corrected chi connectivity index (χ2v) is 10.2. The lowest BCUT2D eigenvalue weighted by atomic mass is 10.1. The fourth-order valence-electron chi connectivity index (χ4n) is 4.31. The molecule has 5 aromatic rings. The number of hydrogen-bond acceptors (Lipinski definition) is 11. The number of ether oxygens (including phenoxy) is 1. The van der Waals surface area contributed by atoms with Gasteiger partial charge in [-0.25, -0.2) is 23.7 Å². The van der Waals surface area contributed by atoms with E-state index in [4.69, 9.17) is 4.74 Å². The molecule has 1 saturated heterocycles. The molecule has 0 aliphatic carbocycles. The van der Waals surface area contributed by atoms with Gasteiger partial charge in [0, 0.05) is 12.6 Å². The molecule has 0 bridgehead atoms. The van der Waals surface area contributed by atoms with Crippen molar-refractivity contribution in [2.75, 3.05) is 29.2 Å². The first-order valence-corrected chi connectivity index (χ1v) is 13.2. The number of nitrogens with zero attached hydrogens (tertiary/aromatic N) is 8. The molecule has 0 amide bonds. The molecule has 2 unspecified atom stereocenters. The Morgan fingerprint density at radius 3 is 2.65 bits per heavy atom. The van der Waals surface area contributed by atoms with Crippen molar-refractivity contribution in [3.05, 3.63) is 48.4 Å². The third-order valence-corrected chi connectivity index (χ3v) is 7.75. The Kier molecular flexibility index (Phi) is 6.78. The third-order valence-electron chi connectivity index (χ3n) is 6.25. The molecule has 16 heteroatoms. The minimum absolute atomic E-state index is 0.0134. The quantitative estimate of drug-likeness (QED) is 0.109. The summed E-state index contributed by atoms with van der Waals surface area (Å²) in [6.45, 7) is 0.541. The summed E-state index contributed by atoms with van der Waals surface area (Å²) in [6.07, 6.45) is -1.49. The number of nitrogens with one attached hydrogen (secondary N) is 3. The number of alkyl halides is 3. The minimum atomic E-state index is -2.81. The Morgan fingerprint density at radius 2 is 2.00 bits per heavy atom. The zero-order valence-corrected chi connectivity index (χ0v) is 23.2. The average Bonchev–Trinajstić information content (AvgIpc) is 3.58. The van der Waals surface area contributed by atoms with Gasteiger partial charge in [0.1, 0.15) is 27.3 Å². The van der Waals surface area contributed by atoms with Gasteiger partial charge in [0.15, 0.2) is 17.2 Å². The lowest BCUT2D eigenvalue weighted by Gasteiger charge is -2.43. The number of para-hydroxylation sites is 1. The van der Waals surface area contributed by atoms with E-state index in [2.05, 4.69) is 68.6 Å². The van der Waals surface area contributed by atoms with Crippen molar-refractivity contribution in [2.24, 2.45) is 7.05 Å². The van der Waals surface area contributed by atoms with Gasteiger partial charge in [-0.3, -0.25) is 0 Å². The molecule has 0 spiro atoms. The highest BCUT2D eigenvalue weighted by molar-refractivity contribution is 14.1. The summed E-state index contributed by atoms with van der Waals surface area (Å²) in [4.78, 5) is 18.9. The highest BCUT2D eigenvalue weighted by Crippen LogP contribution is 2.38. The maximum Gasteiger partial charge on any atom is 0.295 e. The van der Waals surface area contributed by atoms with Gasteiger partial charge in [-0.1, -0.05) is 28.7 Å². The Balaban J connectivity index is 1.35. The third kappa shape index (κ3) is 4.83. The molecule has 0 saturated carbocycles. The SMILES string of the molecule is COc1c(Nc2cc(Nc3ccc(N4CC(O)C4I)cn3)nc3[nH]c(C(F)F)nc23)cccc1-c1nnn(C)n1. The molecule has 4 aromatic heterocycles. The summed E-state index contributed by atoms with van der Waals surface area (Å²) in [5, 5.41) is 28.3. The predicted molar refractivity (Wildman–Crippen MR) is 152 cm³/mol. The van der Waals surface area contributed by atoms with Crippen molar-refractivity contribution in [1.82, 2.24) is 40.1 Å². The number of pyridine rings is 2. The van der Waals surface area contributed by atoms with E-state index < -0.39 is 12.2 Å². The van der Waals surface area contributed by atoms with Crippen molar-refractivity contribution >= 4 is 62.5 Å². The number of anilines is 5. The summed E-state index contributed by atoms with van der Waals surface area (Å²) in [5.74, 6) is 1.13. The Labute approximate surface area is 239 Å². The number of aromatic nitrogens is 8. The van der Waals surface area contributed by atoms with Crippen LogP contribution in [0.15, 0.2) is 42.6 Å². The summed E-state index contributed by atoms with van der Waals surface area (Å²) < 4.78 is 32.7. The predicted octanol–water partition coefficient (Wildman–Crippen LogP) is 3.92. The van der Waals surface area contributed by atoms with Crippen molar-refractivity contribution in [1.29, 1.82) is 0 Å². The standard InChI is InChI=1S/C24H22F2IN11O2/c1-37-35-22(34-36-37)12-4-3-5-13(19(12)40-2)29-14-8-17(31-23-18(14)32-24(33-23)20(25)26)30-16-7-6-11(9-28-16)38-10-15(39)21(38)27/h3-9,15,20-21,39H,10H2,1-2H3,(H3,28,29,30,31,32,33). The maximum atomic E-state index is 13.5. The molecular formula is C24H22F2IN11O2. The van der Waals surface area contributed by atoms with Crippen LogP contribution in [-0.4, -0.2) is 69.1 Å². The minimum Gasteiger partial charge on any atom is -0.494 e. The Hall–Kier alpha value is -4.19. The van der Waals surface area contributed by atoms with E-state index in [1.165, 1.54) is 11.9 Å². The van der Waals surface area contributed by atoms with Gasteiger partial charge in [-0.15, -0.1) is 10.2 Å². The molecule has 206 valence electrons. The fraction of sp³-hybridized carbons (Fsp3) is 0.250. The van der Waals surface area contributed by atoms with Crippen LogP contribution in [0.4, 0.5) is 37.5 Å². The largest absolute Gasteiger partial charge is 0.494 e. The van der Waals surface area contributed by atoms with E-state index in [-0.39, 0.29) is 21.3 Å². The molecule has 0 radical (unpaired) electrons. The molecule has 4 N–H and O–H groups in total. The van der Waals surface area contributed by atoms with E-state index in [1.54, 1.807) is 43.6 Å². The topological polar surface area (TPSA) is 155 Å². The number of H-pyrrole nitrogens is 1. The average molecular weight is 661 g/mol. The van der Waals surface area contributed by atoms with Crippen LogP contribution in [0, 0.1) is 0 Å². The number of aryl methyl sites for hydroxylation is 1. The lowest BCUT2D eigenvalue weighted by Crippen LogP contribution is -2.56. The van der Waals surface area contributed by atoms with Crippen molar-refractivity contribution in [3.8, 4) is 17.1 Å². The summed E-state index contributed by atoms with van der Waals surface area (Å²) in [7, 11) is 3.17. The van der Waals surface area contributed by atoms with E-state index in [0.717, 1.165) is 5.69 Å². The van der Waals surface area contributed by atoms with Gasteiger partial charge in [0.2, 0.25) is 5.82 Å². The molecule has 1 aliphatic rings. The number of aromatic amines is 1. The Bertz CT molecular complexity index is 1680. The number of imidazole rings is 1. The summed E-state index contributed by atoms with van der Waals surface area (Å²) in [5.41, 5.74) is 2.77. The number of methoxy groups -OCH3 is 1. The second kappa shape index (κ2) is 10.4. The van der Waals surface area contributed by atoms with Crippen LogP contribution in [-0.2, 0) is 7.05 Å². The number of tetrazole rings is 1. The lowest BCUT2D eigenvalue weighted by molar-refractivity contribution is 0.134. The number of hydrogen-bond donors (Lipinski definition) is 4. The maximum absolute atomic E-state index is 13.5. The molecule has 13 nitrogen and oxygen atoms in total. The van der Waals surface area contributed by atoms with Gasteiger partial charge in [-0.05, 0) is 29.5 Å². The number of rotatable bonds is 8. The highest BCUT2D eigenvalue weighted by Gasteiger charge is 2.35. The van der Waals surface area contributed by atoms with E-state index in [1.807, 2.05) is 11.0 Å².